The van der Waals surface area contributed by atoms with Crippen LogP contribution in [0, 0.1) is 0 Å². The van der Waals surface area contributed by atoms with Crippen molar-refractivity contribution in [1.82, 2.24) is 10.2 Å². The smallest absolute Gasteiger partial charge is 0.0218 e. The summed E-state index contributed by atoms with van der Waals surface area (Å²) in [6.07, 6.45) is 5.43. The zero-order valence-corrected chi connectivity index (χ0v) is 11.6. The van der Waals surface area contributed by atoms with Gasteiger partial charge < -0.3 is 5.32 Å². The van der Waals surface area contributed by atoms with Gasteiger partial charge in [-0.15, -0.1) is 0 Å². The molecule has 0 aromatic rings. The van der Waals surface area contributed by atoms with E-state index in [-0.39, 0.29) is 0 Å². The second kappa shape index (κ2) is 6.27. The molecule has 3 heteroatoms. The first-order chi connectivity index (χ1) is 7.83. The zero-order valence-electron chi connectivity index (χ0n) is 10.7. The molecule has 94 valence electrons. The lowest BCUT2D eigenvalue weighted by atomic mass is 10.1. The van der Waals surface area contributed by atoms with Crippen LogP contribution in [-0.4, -0.2) is 47.6 Å². The van der Waals surface area contributed by atoms with Crippen LogP contribution in [0.3, 0.4) is 0 Å². The zero-order chi connectivity index (χ0) is 11.4. The third-order valence-electron chi connectivity index (χ3n) is 3.83. The fraction of sp³-hybridized carbons (Fsp3) is 1.00. The number of nitrogens with zero attached hydrogens (tertiary/aromatic N) is 1. The van der Waals surface area contributed by atoms with E-state index in [0.29, 0.717) is 0 Å². The van der Waals surface area contributed by atoms with Gasteiger partial charge in [-0.25, -0.2) is 0 Å². The van der Waals surface area contributed by atoms with Crippen LogP contribution in [0.25, 0.3) is 0 Å². The summed E-state index contributed by atoms with van der Waals surface area (Å²) in [5.74, 6) is 1.33. The largest absolute Gasteiger partial charge is 0.312 e. The molecule has 2 nitrogen and oxygen atoms in total. The predicted octanol–water partition coefficient (Wildman–Crippen LogP) is 2.34. The topological polar surface area (TPSA) is 15.3 Å². The monoisotopic (exact) mass is 242 g/mol. The van der Waals surface area contributed by atoms with E-state index in [4.69, 9.17) is 0 Å². The molecule has 2 atom stereocenters. The van der Waals surface area contributed by atoms with Crippen LogP contribution in [0.15, 0.2) is 0 Å². The minimum absolute atomic E-state index is 0.774. The molecule has 1 saturated heterocycles. The van der Waals surface area contributed by atoms with Crippen molar-refractivity contribution < 1.29 is 0 Å². The Hall–Kier alpha value is 0.270. The van der Waals surface area contributed by atoms with Crippen molar-refractivity contribution in [3.05, 3.63) is 0 Å². The van der Waals surface area contributed by atoms with Gasteiger partial charge in [-0.1, -0.05) is 13.8 Å². The number of hydrogen-bond acceptors (Lipinski definition) is 3. The van der Waals surface area contributed by atoms with Gasteiger partial charge in [-0.2, -0.15) is 11.8 Å². The number of nitrogens with one attached hydrogen (secondary N) is 1. The van der Waals surface area contributed by atoms with Gasteiger partial charge in [0.05, 0.1) is 0 Å². The van der Waals surface area contributed by atoms with E-state index in [1.54, 1.807) is 0 Å². The molecular weight excluding hydrogens is 216 g/mol. The Morgan fingerprint density at radius 1 is 1.38 bits per heavy atom. The first-order valence-corrected chi connectivity index (χ1v) is 7.97. The molecular formula is C13H26N2S. The van der Waals surface area contributed by atoms with Crippen molar-refractivity contribution >= 4 is 11.8 Å². The summed E-state index contributed by atoms with van der Waals surface area (Å²) in [5.41, 5.74) is 0. The SMILES string of the molecule is CCC1CN(C(CC)CNC2CC2)CCS1. The first kappa shape index (κ1) is 12.7. The van der Waals surface area contributed by atoms with Gasteiger partial charge in [0.25, 0.3) is 0 Å². The molecule has 0 aromatic carbocycles. The summed E-state index contributed by atoms with van der Waals surface area (Å²) < 4.78 is 0. The molecule has 1 heterocycles. The van der Waals surface area contributed by atoms with Crippen molar-refractivity contribution in [3.8, 4) is 0 Å². The maximum atomic E-state index is 3.69. The lowest BCUT2D eigenvalue weighted by Crippen LogP contribution is -2.48. The van der Waals surface area contributed by atoms with E-state index in [0.717, 1.165) is 17.3 Å². The molecule has 2 fully saturated rings. The van der Waals surface area contributed by atoms with Gasteiger partial charge in [0, 0.05) is 42.7 Å². The van der Waals surface area contributed by atoms with Crippen LogP contribution in [0.1, 0.15) is 39.5 Å². The van der Waals surface area contributed by atoms with E-state index < -0.39 is 0 Å². The number of thioether (sulfide) groups is 1. The molecule has 0 spiro atoms. The molecule has 0 aromatic heterocycles. The van der Waals surface area contributed by atoms with Crippen LogP contribution in [0.2, 0.25) is 0 Å². The van der Waals surface area contributed by atoms with Gasteiger partial charge in [-0.3, -0.25) is 4.90 Å². The van der Waals surface area contributed by atoms with E-state index >= 15 is 0 Å². The summed E-state index contributed by atoms with van der Waals surface area (Å²) in [7, 11) is 0. The highest BCUT2D eigenvalue weighted by Gasteiger charge is 2.26. The lowest BCUT2D eigenvalue weighted by molar-refractivity contribution is 0.191. The highest BCUT2D eigenvalue weighted by atomic mass is 32.2. The third kappa shape index (κ3) is 3.64. The quantitative estimate of drug-likeness (QED) is 0.770. The third-order valence-corrected chi connectivity index (χ3v) is 5.20. The maximum absolute atomic E-state index is 3.69. The summed E-state index contributed by atoms with van der Waals surface area (Å²) in [6, 6.07) is 1.63. The lowest BCUT2D eigenvalue weighted by Gasteiger charge is -2.37. The average molecular weight is 242 g/mol. The fourth-order valence-corrected chi connectivity index (χ4v) is 3.65. The van der Waals surface area contributed by atoms with E-state index in [9.17, 15) is 0 Å². The highest BCUT2D eigenvalue weighted by Crippen LogP contribution is 2.24. The normalized spacial score (nSPS) is 29.2. The Morgan fingerprint density at radius 2 is 2.19 bits per heavy atom. The Labute approximate surface area is 105 Å². The van der Waals surface area contributed by atoms with Gasteiger partial charge in [0.15, 0.2) is 0 Å². The summed E-state index contributed by atoms with van der Waals surface area (Å²) in [4.78, 5) is 2.72. The highest BCUT2D eigenvalue weighted by molar-refractivity contribution is 8.00. The molecule has 0 amide bonds. The molecule has 2 rings (SSSR count). The number of rotatable bonds is 6. The Balaban J connectivity index is 1.76. The number of hydrogen-bond donors (Lipinski definition) is 1. The summed E-state index contributed by atoms with van der Waals surface area (Å²) >= 11 is 2.17. The molecule has 2 aliphatic rings. The van der Waals surface area contributed by atoms with Crippen molar-refractivity contribution in [1.29, 1.82) is 0 Å². The summed E-state index contributed by atoms with van der Waals surface area (Å²) in [6.45, 7) is 8.48. The van der Waals surface area contributed by atoms with E-state index in [2.05, 4.69) is 35.8 Å². The van der Waals surface area contributed by atoms with E-state index in [1.165, 1.54) is 51.1 Å². The van der Waals surface area contributed by atoms with Gasteiger partial charge in [0.1, 0.15) is 0 Å². The molecule has 2 unspecified atom stereocenters. The first-order valence-electron chi connectivity index (χ1n) is 6.92. The van der Waals surface area contributed by atoms with Crippen molar-refractivity contribution in [3.63, 3.8) is 0 Å². The molecule has 16 heavy (non-hydrogen) atoms. The molecule has 1 N–H and O–H groups in total. The Morgan fingerprint density at radius 3 is 2.81 bits per heavy atom. The Kier molecular flexibility index (Phi) is 4.98. The molecule has 0 radical (unpaired) electrons. The molecule has 0 bridgehead atoms. The second-order valence-corrected chi connectivity index (χ2v) is 6.55. The van der Waals surface area contributed by atoms with Crippen molar-refractivity contribution in [2.75, 3.05) is 25.4 Å². The van der Waals surface area contributed by atoms with Crippen LogP contribution >= 0.6 is 11.8 Å². The molecule has 1 aliphatic heterocycles. The van der Waals surface area contributed by atoms with Gasteiger partial charge >= 0.3 is 0 Å². The van der Waals surface area contributed by atoms with Crippen LogP contribution in [0.4, 0.5) is 0 Å². The van der Waals surface area contributed by atoms with Crippen LogP contribution < -0.4 is 5.32 Å². The second-order valence-electron chi connectivity index (χ2n) is 5.14. The van der Waals surface area contributed by atoms with Gasteiger partial charge in [-0.05, 0) is 25.7 Å². The minimum Gasteiger partial charge on any atom is -0.312 e. The minimum atomic E-state index is 0.774. The van der Waals surface area contributed by atoms with Gasteiger partial charge in [0.2, 0.25) is 0 Å². The van der Waals surface area contributed by atoms with E-state index in [1.807, 2.05) is 0 Å². The molecule has 1 saturated carbocycles. The predicted molar refractivity (Wildman–Crippen MR) is 73.2 cm³/mol. The standard InChI is InChI=1S/C13H26N2S/c1-3-12(9-14-11-5-6-11)15-7-8-16-13(4-2)10-15/h11-14H,3-10H2,1-2H3. The fourth-order valence-electron chi connectivity index (χ4n) is 2.44. The van der Waals surface area contributed by atoms with Crippen molar-refractivity contribution in [2.45, 2.75) is 56.9 Å². The average Bonchev–Trinajstić information content (AvgIpc) is 3.14. The molecule has 1 aliphatic carbocycles. The maximum Gasteiger partial charge on any atom is 0.0218 e. The summed E-state index contributed by atoms with van der Waals surface area (Å²) in [5, 5.41) is 4.57. The van der Waals surface area contributed by atoms with Crippen molar-refractivity contribution in [2.24, 2.45) is 0 Å². The van der Waals surface area contributed by atoms with Crippen LogP contribution in [-0.2, 0) is 0 Å². The Bertz CT molecular complexity index is 206. The van der Waals surface area contributed by atoms with Crippen LogP contribution in [0.5, 0.6) is 0 Å².